The molecule has 0 saturated heterocycles. The molecule has 0 saturated carbocycles. The van der Waals surface area contributed by atoms with Crippen molar-refractivity contribution in [2.45, 2.75) is 13.3 Å². The molecule has 112 valence electrons. The van der Waals surface area contributed by atoms with Gasteiger partial charge in [-0.2, -0.15) is 4.98 Å². The van der Waals surface area contributed by atoms with E-state index in [0.29, 0.717) is 21.8 Å². The van der Waals surface area contributed by atoms with E-state index >= 15 is 0 Å². The average Bonchev–Trinajstić information content (AvgIpc) is 2.43. The molecule has 0 aliphatic rings. The molecule has 1 aromatic heterocycles. The van der Waals surface area contributed by atoms with E-state index in [2.05, 4.69) is 26.2 Å². The normalized spacial score (nSPS) is 10.5. The van der Waals surface area contributed by atoms with Gasteiger partial charge in [-0.15, -0.1) is 0 Å². The molecule has 0 unspecified atom stereocenters. The van der Waals surface area contributed by atoms with Crippen LogP contribution in [0.1, 0.15) is 13.3 Å². The Kier molecular flexibility index (Phi) is 5.36. The van der Waals surface area contributed by atoms with Gasteiger partial charge in [-0.05, 0) is 40.5 Å². The SMILES string of the molecule is CCCNc1nc(Oc2ccc(Cl)cc2Br)c(F)cc1F. The Hall–Kier alpha value is -1.40. The first kappa shape index (κ1) is 16.0. The number of aromatic nitrogens is 1. The molecule has 2 aromatic rings. The summed E-state index contributed by atoms with van der Waals surface area (Å²) in [6.07, 6.45) is 0.789. The van der Waals surface area contributed by atoms with E-state index in [4.69, 9.17) is 16.3 Å². The lowest BCUT2D eigenvalue weighted by Gasteiger charge is -2.11. The zero-order chi connectivity index (χ0) is 15.4. The van der Waals surface area contributed by atoms with Gasteiger partial charge in [0.05, 0.1) is 4.47 Å². The summed E-state index contributed by atoms with van der Waals surface area (Å²) >= 11 is 9.07. The number of benzene rings is 1. The summed E-state index contributed by atoms with van der Waals surface area (Å²) in [4.78, 5) is 3.83. The molecule has 0 aliphatic carbocycles. The van der Waals surface area contributed by atoms with Gasteiger partial charge in [-0.3, -0.25) is 0 Å². The Morgan fingerprint density at radius 3 is 2.71 bits per heavy atom. The molecule has 0 bridgehead atoms. The molecule has 0 atom stereocenters. The summed E-state index contributed by atoms with van der Waals surface area (Å²) in [7, 11) is 0. The van der Waals surface area contributed by atoms with Crippen LogP contribution in [0.3, 0.4) is 0 Å². The van der Waals surface area contributed by atoms with Gasteiger partial charge in [-0.1, -0.05) is 18.5 Å². The number of rotatable bonds is 5. The number of ether oxygens (including phenoxy) is 1. The van der Waals surface area contributed by atoms with Crippen molar-refractivity contribution in [3.63, 3.8) is 0 Å². The molecule has 0 amide bonds. The Bertz CT molecular complexity index is 655. The van der Waals surface area contributed by atoms with Crippen molar-refractivity contribution < 1.29 is 13.5 Å². The van der Waals surface area contributed by atoms with Gasteiger partial charge in [0.2, 0.25) is 0 Å². The second kappa shape index (κ2) is 7.04. The maximum Gasteiger partial charge on any atom is 0.258 e. The molecule has 0 fully saturated rings. The first-order chi connectivity index (χ1) is 10.0. The van der Waals surface area contributed by atoms with Crippen molar-refractivity contribution in [2.75, 3.05) is 11.9 Å². The zero-order valence-electron chi connectivity index (χ0n) is 11.1. The molecular formula is C14H12BrClF2N2O. The van der Waals surface area contributed by atoms with E-state index in [-0.39, 0.29) is 11.7 Å². The van der Waals surface area contributed by atoms with Crippen LogP contribution in [0, 0.1) is 11.6 Å². The lowest BCUT2D eigenvalue weighted by atomic mass is 10.3. The topological polar surface area (TPSA) is 34.2 Å². The first-order valence-electron chi connectivity index (χ1n) is 6.24. The van der Waals surface area contributed by atoms with Crippen LogP contribution in [-0.2, 0) is 0 Å². The van der Waals surface area contributed by atoms with Gasteiger partial charge in [0.25, 0.3) is 5.88 Å². The summed E-state index contributed by atoms with van der Waals surface area (Å²) in [5, 5.41) is 3.28. The third-order valence-corrected chi connectivity index (χ3v) is 3.40. The van der Waals surface area contributed by atoms with Crippen molar-refractivity contribution in [3.05, 3.63) is 45.4 Å². The van der Waals surface area contributed by atoms with E-state index in [1.54, 1.807) is 18.2 Å². The Labute approximate surface area is 134 Å². The summed E-state index contributed by atoms with van der Waals surface area (Å²) in [6.45, 7) is 2.45. The Balaban J connectivity index is 2.30. The highest BCUT2D eigenvalue weighted by Crippen LogP contribution is 2.33. The maximum absolute atomic E-state index is 13.8. The predicted octanol–water partition coefficient (Wildman–Crippen LogP) is 5.39. The zero-order valence-corrected chi connectivity index (χ0v) is 13.4. The van der Waals surface area contributed by atoms with E-state index < -0.39 is 11.6 Å². The van der Waals surface area contributed by atoms with Crippen LogP contribution in [0.2, 0.25) is 5.02 Å². The standard InChI is InChI=1S/C14H12BrClF2N2O/c1-2-5-19-13-10(17)7-11(18)14(20-13)21-12-4-3-8(16)6-9(12)15/h3-4,6-7H,2,5H2,1H3,(H,19,20). The van der Waals surface area contributed by atoms with Crippen molar-refractivity contribution in [2.24, 2.45) is 0 Å². The van der Waals surface area contributed by atoms with Crippen LogP contribution in [0.5, 0.6) is 11.6 Å². The van der Waals surface area contributed by atoms with Crippen molar-refractivity contribution in [1.82, 2.24) is 4.98 Å². The molecule has 1 aromatic carbocycles. The van der Waals surface area contributed by atoms with Crippen LogP contribution in [0.25, 0.3) is 0 Å². The second-order valence-electron chi connectivity index (χ2n) is 4.21. The summed E-state index contributed by atoms with van der Waals surface area (Å²) in [5.74, 6) is -1.66. The maximum atomic E-state index is 13.8. The van der Waals surface area contributed by atoms with Crippen LogP contribution < -0.4 is 10.1 Å². The van der Waals surface area contributed by atoms with E-state index in [1.165, 1.54) is 0 Å². The van der Waals surface area contributed by atoms with E-state index in [1.807, 2.05) is 6.92 Å². The van der Waals surface area contributed by atoms with Crippen molar-refractivity contribution >= 4 is 33.3 Å². The fourth-order valence-corrected chi connectivity index (χ4v) is 2.31. The summed E-state index contributed by atoms with van der Waals surface area (Å²) < 4.78 is 33.2. The number of hydrogen-bond donors (Lipinski definition) is 1. The number of anilines is 1. The number of pyridine rings is 1. The third-order valence-electron chi connectivity index (χ3n) is 2.54. The number of nitrogens with zero attached hydrogens (tertiary/aromatic N) is 1. The van der Waals surface area contributed by atoms with Crippen LogP contribution in [0.4, 0.5) is 14.6 Å². The first-order valence-corrected chi connectivity index (χ1v) is 7.41. The van der Waals surface area contributed by atoms with Crippen LogP contribution in [-0.4, -0.2) is 11.5 Å². The molecule has 3 nitrogen and oxygen atoms in total. The molecule has 7 heteroatoms. The molecule has 21 heavy (non-hydrogen) atoms. The lowest BCUT2D eigenvalue weighted by Crippen LogP contribution is -2.06. The minimum absolute atomic E-state index is 0.0432. The van der Waals surface area contributed by atoms with Gasteiger partial charge in [-0.25, -0.2) is 8.78 Å². The quantitative estimate of drug-likeness (QED) is 0.758. The second-order valence-corrected chi connectivity index (χ2v) is 5.50. The van der Waals surface area contributed by atoms with Crippen molar-refractivity contribution in [3.8, 4) is 11.6 Å². The molecule has 2 rings (SSSR count). The highest BCUT2D eigenvalue weighted by Gasteiger charge is 2.14. The fraction of sp³-hybridized carbons (Fsp3) is 0.214. The van der Waals surface area contributed by atoms with Gasteiger partial charge >= 0.3 is 0 Å². The highest BCUT2D eigenvalue weighted by atomic mass is 79.9. The number of hydrogen-bond acceptors (Lipinski definition) is 3. The summed E-state index contributed by atoms with van der Waals surface area (Å²) in [6, 6.07) is 5.51. The Morgan fingerprint density at radius 2 is 2.05 bits per heavy atom. The van der Waals surface area contributed by atoms with Gasteiger partial charge in [0, 0.05) is 17.6 Å². The third kappa shape index (κ3) is 4.04. The van der Waals surface area contributed by atoms with Gasteiger partial charge < -0.3 is 10.1 Å². The van der Waals surface area contributed by atoms with Crippen molar-refractivity contribution in [1.29, 1.82) is 0 Å². The van der Waals surface area contributed by atoms with E-state index in [9.17, 15) is 8.78 Å². The largest absolute Gasteiger partial charge is 0.435 e. The monoisotopic (exact) mass is 376 g/mol. The molecule has 0 radical (unpaired) electrons. The number of halogens is 4. The minimum Gasteiger partial charge on any atom is -0.435 e. The van der Waals surface area contributed by atoms with Crippen LogP contribution >= 0.6 is 27.5 Å². The van der Waals surface area contributed by atoms with Crippen LogP contribution in [0.15, 0.2) is 28.7 Å². The Morgan fingerprint density at radius 1 is 1.29 bits per heavy atom. The molecule has 1 heterocycles. The molecule has 1 N–H and O–H groups in total. The van der Waals surface area contributed by atoms with Gasteiger partial charge in [0.15, 0.2) is 17.5 Å². The smallest absolute Gasteiger partial charge is 0.258 e. The molecule has 0 spiro atoms. The van der Waals surface area contributed by atoms with E-state index in [0.717, 1.165) is 12.5 Å². The number of nitrogens with one attached hydrogen (secondary N) is 1. The summed E-state index contributed by atoms with van der Waals surface area (Å²) in [5.41, 5.74) is 0. The predicted molar refractivity (Wildman–Crippen MR) is 82.2 cm³/mol. The highest BCUT2D eigenvalue weighted by molar-refractivity contribution is 9.10. The average molecular weight is 378 g/mol. The lowest BCUT2D eigenvalue weighted by molar-refractivity contribution is 0.416. The van der Waals surface area contributed by atoms with Gasteiger partial charge in [0.1, 0.15) is 5.75 Å². The fourth-order valence-electron chi connectivity index (χ4n) is 1.55. The molecule has 0 aliphatic heterocycles. The minimum atomic E-state index is -0.878. The molecular weight excluding hydrogens is 366 g/mol.